The lowest BCUT2D eigenvalue weighted by atomic mass is 9.94. The number of unbranched alkanes of at least 4 members (excludes halogenated alkanes) is 2. The number of amides is 2. The van der Waals surface area contributed by atoms with E-state index in [1.54, 1.807) is 0 Å². The first-order chi connectivity index (χ1) is 16.0. The third-order valence-electron chi connectivity index (χ3n) is 7.28. The van der Waals surface area contributed by atoms with Crippen molar-refractivity contribution in [2.45, 2.75) is 97.1 Å². The van der Waals surface area contributed by atoms with E-state index in [-0.39, 0.29) is 17.7 Å². The Balaban J connectivity index is 1.55. The van der Waals surface area contributed by atoms with Gasteiger partial charge in [-0.3, -0.25) is 9.59 Å². The van der Waals surface area contributed by atoms with Crippen molar-refractivity contribution >= 4 is 22.8 Å². The van der Waals surface area contributed by atoms with Crippen LogP contribution in [0.4, 0.5) is 0 Å². The normalized spacial score (nSPS) is 14.7. The van der Waals surface area contributed by atoms with Gasteiger partial charge in [-0.2, -0.15) is 0 Å². The zero-order valence-electron chi connectivity index (χ0n) is 20.8. The molecule has 0 unspecified atom stereocenters. The van der Waals surface area contributed by atoms with Crippen molar-refractivity contribution < 1.29 is 9.59 Å². The molecule has 3 rings (SSSR count). The van der Waals surface area contributed by atoms with Crippen LogP contribution >= 0.6 is 0 Å². The molecule has 182 valence electrons. The molecule has 6 nitrogen and oxygen atoms in total. The number of hydrogen-bond donors (Lipinski definition) is 1. The average Bonchev–Trinajstić information content (AvgIpc) is 3.19. The first-order valence-corrected chi connectivity index (χ1v) is 13.0. The van der Waals surface area contributed by atoms with E-state index in [1.165, 1.54) is 19.3 Å². The monoisotopic (exact) mass is 454 g/mol. The third-order valence-corrected chi connectivity index (χ3v) is 7.28. The van der Waals surface area contributed by atoms with Crippen LogP contribution in [0.1, 0.15) is 83.9 Å². The molecule has 1 N–H and O–H groups in total. The second kappa shape index (κ2) is 12.8. The summed E-state index contributed by atoms with van der Waals surface area (Å²) >= 11 is 0. The smallest absolute Gasteiger partial charge is 0.242 e. The predicted octanol–water partition coefficient (Wildman–Crippen LogP) is 5.09. The molecule has 1 fully saturated rings. The molecule has 1 saturated carbocycles. The van der Waals surface area contributed by atoms with Crippen LogP contribution in [-0.2, 0) is 22.6 Å². The second-order valence-corrected chi connectivity index (χ2v) is 9.51. The zero-order valence-corrected chi connectivity index (χ0v) is 20.8. The minimum atomic E-state index is 0.134. The summed E-state index contributed by atoms with van der Waals surface area (Å²) in [5.41, 5.74) is 1.99. The Labute approximate surface area is 199 Å². The van der Waals surface area contributed by atoms with E-state index < -0.39 is 0 Å². The number of carbonyl (C=O) groups is 2. The SMILES string of the molecule is CCC(CC)C(=O)NCCCCCc1nc2ccccc2n1CC(=O)N(C)C1CCCCC1. The Morgan fingerprint density at radius 3 is 2.55 bits per heavy atom. The summed E-state index contributed by atoms with van der Waals surface area (Å²) < 4.78 is 2.12. The van der Waals surface area contributed by atoms with Crippen molar-refractivity contribution in [3.63, 3.8) is 0 Å². The van der Waals surface area contributed by atoms with E-state index >= 15 is 0 Å². The molecule has 2 aromatic rings. The van der Waals surface area contributed by atoms with E-state index in [4.69, 9.17) is 4.98 Å². The van der Waals surface area contributed by atoms with Gasteiger partial charge in [0.05, 0.1) is 11.0 Å². The van der Waals surface area contributed by atoms with Crippen LogP contribution in [0.3, 0.4) is 0 Å². The second-order valence-electron chi connectivity index (χ2n) is 9.51. The van der Waals surface area contributed by atoms with Crippen LogP contribution in [-0.4, -0.2) is 45.9 Å². The number of para-hydroxylation sites is 2. The van der Waals surface area contributed by atoms with Gasteiger partial charge in [0.15, 0.2) is 0 Å². The predicted molar refractivity (Wildman–Crippen MR) is 134 cm³/mol. The number of rotatable bonds is 12. The largest absolute Gasteiger partial charge is 0.356 e. The molecule has 0 aliphatic heterocycles. The van der Waals surface area contributed by atoms with Crippen molar-refractivity contribution in [1.82, 2.24) is 19.8 Å². The summed E-state index contributed by atoms with van der Waals surface area (Å²) in [4.78, 5) is 32.1. The fraction of sp³-hybridized carbons (Fsp3) is 0.667. The van der Waals surface area contributed by atoms with Crippen molar-refractivity contribution in [2.24, 2.45) is 5.92 Å². The number of fused-ring (bicyclic) bond motifs is 1. The topological polar surface area (TPSA) is 67.2 Å². The fourth-order valence-electron chi connectivity index (χ4n) is 5.01. The fourth-order valence-corrected chi connectivity index (χ4v) is 5.01. The molecule has 33 heavy (non-hydrogen) atoms. The highest BCUT2D eigenvalue weighted by atomic mass is 16.2. The summed E-state index contributed by atoms with van der Waals surface area (Å²) in [6.45, 7) is 5.22. The Morgan fingerprint density at radius 2 is 1.82 bits per heavy atom. The molecule has 0 radical (unpaired) electrons. The molecule has 1 heterocycles. The highest BCUT2D eigenvalue weighted by Crippen LogP contribution is 2.23. The third kappa shape index (κ3) is 6.81. The van der Waals surface area contributed by atoms with E-state index in [1.807, 2.05) is 30.1 Å². The van der Waals surface area contributed by atoms with Crippen LogP contribution in [0, 0.1) is 5.92 Å². The maximum absolute atomic E-state index is 13.1. The minimum Gasteiger partial charge on any atom is -0.356 e. The minimum absolute atomic E-state index is 0.134. The van der Waals surface area contributed by atoms with Gasteiger partial charge < -0.3 is 14.8 Å². The van der Waals surface area contributed by atoms with E-state index in [0.717, 1.165) is 74.8 Å². The maximum atomic E-state index is 13.1. The molecule has 0 bridgehead atoms. The number of imidazole rings is 1. The summed E-state index contributed by atoms with van der Waals surface area (Å²) in [5, 5.41) is 3.08. The van der Waals surface area contributed by atoms with Gasteiger partial charge in [0.25, 0.3) is 0 Å². The van der Waals surface area contributed by atoms with Gasteiger partial charge in [0, 0.05) is 32.0 Å². The summed E-state index contributed by atoms with van der Waals surface area (Å²) in [6, 6.07) is 8.48. The molecule has 2 amide bonds. The molecule has 0 spiro atoms. The van der Waals surface area contributed by atoms with Crippen LogP contribution in [0.25, 0.3) is 11.0 Å². The number of hydrogen-bond acceptors (Lipinski definition) is 3. The van der Waals surface area contributed by atoms with Gasteiger partial charge >= 0.3 is 0 Å². The number of benzene rings is 1. The first kappa shape index (κ1) is 25.3. The number of likely N-dealkylation sites (N-methyl/N-ethyl adjacent to an activating group) is 1. The molecule has 1 aliphatic carbocycles. The first-order valence-electron chi connectivity index (χ1n) is 13.0. The van der Waals surface area contributed by atoms with E-state index in [0.29, 0.717) is 12.6 Å². The van der Waals surface area contributed by atoms with Gasteiger partial charge in [-0.1, -0.05) is 51.7 Å². The standard InChI is InChI=1S/C27H42N4O2/c1-4-21(5-2)27(33)28-19-13-7-10-18-25-29-23-16-11-12-17-24(23)31(25)20-26(32)30(3)22-14-8-6-9-15-22/h11-12,16-17,21-22H,4-10,13-15,18-20H2,1-3H3,(H,28,33). The number of carbonyl (C=O) groups excluding carboxylic acids is 2. The Morgan fingerprint density at radius 1 is 1.09 bits per heavy atom. The Bertz CT molecular complexity index is 897. The number of aromatic nitrogens is 2. The number of nitrogens with one attached hydrogen (secondary N) is 1. The van der Waals surface area contributed by atoms with Crippen LogP contribution in [0.2, 0.25) is 0 Å². The highest BCUT2D eigenvalue weighted by molar-refractivity contribution is 5.81. The van der Waals surface area contributed by atoms with E-state index in [2.05, 4.69) is 29.8 Å². The van der Waals surface area contributed by atoms with Gasteiger partial charge in [0.2, 0.25) is 11.8 Å². The molecular formula is C27H42N4O2. The summed E-state index contributed by atoms with van der Waals surface area (Å²) in [5.74, 6) is 1.48. The number of nitrogens with zero attached hydrogens (tertiary/aromatic N) is 3. The van der Waals surface area contributed by atoms with Gasteiger partial charge in [0.1, 0.15) is 12.4 Å². The van der Waals surface area contributed by atoms with Crippen molar-refractivity contribution in [3.05, 3.63) is 30.1 Å². The van der Waals surface area contributed by atoms with Crippen molar-refractivity contribution in [3.8, 4) is 0 Å². The Kier molecular flexibility index (Phi) is 9.76. The highest BCUT2D eigenvalue weighted by Gasteiger charge is 2.23. The molecule has 1 aromatic heterocycles. The number of aryl methyl sites for hydroxylation is 1. The average molecular weight is 455 g/mol. The summed E-state index contributed by atoms with van der Waals surface area (Å²) in [7, 11) is 1.97. The van der Waals surface area contributed by atoms with Crippen LogP contribution in [0.15, 0.2) is 24.3 Å². The van der Waals surface area contributed by atoms with Crippen molar-refractivity contribution in [1.29, 1.82) is 0 Å². The summed E-state index contributed by atoms with van der Waals surface area (Å²) in [6.07, 6.45) is 11.6. The lowest BCUT2D eigenvalue weighted by Gasteiger charge is -2.31. The molecule has 1 aromatic carbocycles. The van der Waals surface area contributed by atoms with Gasteiger partial charge in [-0.15, -0.1) is 0 Å². The Hall–Kier alpha value is -2.37. The molecule has 0 saturated heterocycles. The molecule has 1 aliphatic rings. The lowest BCUT2D eigenvalue weighted by molar-refractivity contribution is -0.133. The zero-order chi connectivity index (χ0) is 23.6. The molecule has 0 atom stereocenters. The quantitative estimate of drug-likeness (QED) is 0.454. The molecular weight excluding hydrogens is 412 g/mol. The van der Waals surface area contributed by atoms with Gasteiger partial charge in [-0.05, 0) is 50.7 Å². The van der Waals surface area contributed by atoms with Crippen molar-refractivity contribution in [2.75, 3.05) is 13.6 Å². The molecule has 6 heteroatoms. The van der Waals surface area contributed by atoms with Crippen LogP contribution < -0.4 is 5.32 Å². The maximum Gasteiger partial charge on any atom is 0.242 e. The van der Waals surface area contributed by atoms with E-state index in [9.17, 15) is 9.59 Å². The van der Waals surface area contributed by atoms with Crippen LogP contribution in [0.5, 0.6) is 0 Å². The lowest BCUT2D eigenvalue weighted by Crippen LogP contribution is -2.40. The van der Waals surface area contributed by atoms with Gasteiger partial charge in [-0.25, -0.2) is 4.98 Å².